The molecule has 0 atom stereocenters. The van der Waals surface area contributed by atoms with E-state index in [0.717, 1.165) is 6.42 Å². The van der Waals surface area contributed by atoms with Gasteiger partial charge >= 0.3 is 5.69 Å². The summed E-state index contributed by atoms with van der Waals surface area (Å²) in [6.07, 6.45) is 10.1. The fourth-order valence-electron chi connectivity index (χ4n) is 1.89. The van der Waals surface area contributed by atoms with Gasteiger partial charge in [0.15, 0.2) is 0 Å². The molecule has 0 unspecified atom stereocenters. The summed E-state index contributed by atoms with van der Waals surface area (Å²) in [6, 6.07) is 0. The van der Waals surface area contributed by atoms with Crippen LogP contribution >= 0.6 is 0 Å². The van der Waals surface area contributed by atoms with Crippen LogP contribution in [0.3, 0.4) is 0 Å². The van der Waals surface area contributed by atoms with E-state index < -0.39 is 5.69 Å². The molecule has 2 N–H and O–H groups in total. The van der Waals surface area contributed by atoms with Crippen molar-refractivity contribution in [1.29, 1.82) is 0 Å². The molecule has 0 bridgehead atoms. The van der Waals surface area contributed by atoms with Gasteiger partial charge in [0.2, 0.25) is 0 Å². The second-order valence-electron chi connectivity index (χ2n) is 4.77. The Morgan fingerprint density at radius 3 is 2.42 bits per heavy atom. The summed E-state index contributed by atoms with van der Waals surface area (Å²) in [5, 5.41) is 0. The van der Waals surface area contributed by atoms with Crippen LogP contribution in [0.5, 0.6) is 0 Å². The van der Waals surface area contributed by atoms with Gasteiger partial charge < -0.3 is 9.72 Å². The van der Waals surface area contributed by atoms with Crippen molar-refractivity contribution in [1.82, 2.24) is 9.97 Å². The average Bonchev–Trinajstić information content (AvgIpc) is 2.39. The highest BCUT2D eigenvalue weighted by molar-refractivity contribution is 5.00. The zero-order chi connectivity index (χ0) is 13.9. The third-order valence-electron chi connectivity index (χ3n) is 3.05. The van der Waals surface area contributed by atoms with Gasteiger partial charge in [0, 0.05) is 12.8 Å². The summed E-state index contributed by atoms with van der Waals surface area (Å²) in [6.45, 7) is 3.13. The molecule has 1 heterocycles. The van der Waals surface area contributed by atoms with Gasteiger partial charge in [0.25, 0.3) is 5.56 Å². The summed E-state index contributed by atoms with van der Waals surface area (Å²) in [5.74, 6) is 0. The van der Waals surface area contributed by atoms with E-state index >= 15 is 0 Å². The topological polar surface area (TPSA) is 75.0 Å². The number of rotatable bonds is 10. The van der Waals surface area contributed by atoms with E-state index in [4.69, 9.17) is 4.74 Å². The second-order valence-corrected chi connectivity index (χ2v) is 4.77. The van der Waals surface area contributed by atoms with Gasteiger partial charge in [0.05, 0.1) is 12.2 Å². The summed E-state index contributed by atoms with van der Waals surface area (Å²) >= 11 is 0. The van der Waals surface area contributed by atoms with E-state index in [1.165, 1.54) is 44.7 Å². The number of ether oxygens (including phenoxy) is 1. The molecule has 5 nitrogen and oxygen atoms in total. The van der Waals surface area contributed by atoms with Crippen LogP contribution in [0.4, 0.5) is 0 Å². The number of aromatic nitrogens is 2. The Bertz CT molecular complexity index is 450. The first kappa shape index (κ1) is 15.7. The number of hydrogen-bond donors (Lipinski definition) is 2. The lowest BCUT2D eigenvalue weighted by Crippen LogP contribution is -2.24. The van der Waals surface area contributed by atoms with E-state index in [0.29, 0.717) is 12.2 Å². The van der Waals surface area contributed by atoms with Crippen LogP contribution in [-0.4, -0.2) is 16.6 Å². The largest absolute Gasteiger partial charge is 0.377 e. The Labute approximate surface area is 113 Å². The summed E-state index contributed by atoms with van der Waals surface area (Å²) in [4.78, 5) is 26.8. The van der Waals surface area contributed by atoms with Crippen molar-refractivity contribution in [2.45, 2.75) is 58.5 Å². The molecule has 0 amide bonds. The summed E-state index contributed by atoms with van der Waals surface area (Å²) < 4.78 is 5.43. The first-order valence-corrected chi connectivity index (χ1v) is 7.12. The molecule has 0 spiro atoms. The monoisotopic (exact) mass is 268 g/mol. The molecule has 1 rings (SSSR count). The van der Waals surface area contributed by atoms with Gasteiger partial charge in [-0.1, -0.05) is 45.4 Å². The summed E-state index contributed by atoms with van der Waals surface area (Å²) in [5.41, 5.74) is -0.397. The minimum absolute atomic E-state index is 0.252. The first-order chi connectivity index (χ1) is 9.24. The molecule has 0 saturated carbocycles. The Morgan fingerprint density at radius 1 is 1.05 bits per heavy atom. The molecule has 0 fully saturated rings. The molecule has 19 heavy (non-hydrogen) atoms. The molecule has 0 radical (unpaired) electrons. The van der Waals surface area contributed by atoms with Crippen molar-refractivity contribution in [2.75, 3.05) is 6.61 Å². The lowest BCUT2D eigenvalue weighted by Gasteiger charge is -2.03. The van der Waals surface area contributed by atoms with Crippen molar-refractivity contribution in [3.8, 4) is 0 Å². The normalized spacial score (nSPS) is 10.8. The van der Waals surface area contributed by atoms with Crippen molar-refractivity contribution in [3.63, 3.8) is 0 Å². The third-order valence-corrected chi connectivity index (χ3v) is 3.05. The molecule has 0 aromatic carbocycles. The quantitative estimate of drug-likeness (QED) is 0.639. The zero-order valence-electron chi connectivity index (χ0n) is 11.7. The molecular weight excluding hydrogens is 244 g/mol. The Kier molecular flexibility index (Phi) is 7.89. The molecular formula is C14H24N2O3. The van der Waals surface area contributed by atoms with Gasteiger partial charge in [-0.15, -0.1) is 0 Å². The number of hydrogen-bond acceptors (Lipinski definition) is 3. The average molecular weight is 268 g/mol. The lowest BCUT2D eigenvalue weighted by molar-refractivity contribution is 0.115. The van der Waals surface area contributed by atoms with Crippen molar-refractivity contribution < 1.29 is 4.74 Å². The van der Waals surface area contributed by atoms with E-state index in [1.54, 1.807) is 0 Å². The van der Waals surface area contributed by atoms with Crippen LogP contribution < -0.4 is 11.2 Å². The highest BCUT2D eigenvalue weighted by atomic mass is 16.5. The van der Waals surface area contributed by atoms with E-state index in [-0.39, 0.29) is 12.2 Å². The van der Waals surface area contributed by atoms with Crippen LogP contribution in [0.25, 0.3) is 0 Å². The Morgan fingerprint density at radius 2 is 1.74 bits per heavy atom. The number of H-pyrrole nitrogens is 2. The van der Waals surface area contributed by atoms with Gasteiger partial charge in [-0.05, 0) is 6.42 Å². The van der Waals surface area contributed by atoms with Gasteiger partial charge in [-0.2, -0.15) is 0 Å². The zero-order valence-corrected chi connectivity index (χ0v) is 11.7. The van der Waals surface area contributed by atoms with Gasteiger partial charge in [0.1, 0.15) is 0 Å². The highest BCUT2D eigenvalue weighted by Gasteiger charge is 2.00. The first-order valence-electron chi connectivity index (χ1n) is 7.12. The van der Waals surface area contributed by atoms with Crippen molar-refractivity contribution in [3.05, 3.63) is 32.6 Å². The SMILES string of the molecule is CCCCCCCCCOCc1c[nH]c(=O)[nH]c1=O. The van der Waals surface area contributed by atoms with Crippen LogP contribution in [0, 0.1) is 0 Å². The van der Waals surface area contributed by atoms with Crippen LogP contribution in [0.1, 0.15) is 57.4 Å². The fourth-order valence-corrected chi connectivity index (χ4v) is 1.89. The fraction of sp³-hybridized carbons (Fsp3) is 0.714. The van der Waals surface area contributed by atoms with Crippen LogP contribution in [0.2, 0.25) is 0 Å². The lowest BCUT2D eigenvalue weighted by atomic mass is 10.1. The van der Waals surface area contributed by atoms with Crippen LogP contribution in [-0.2, 0) is 11.3 Å². The van der Waals surface area contributed by atoms with E-state index in [2.05, 4.69) is 16.9 Å². The minimum atomic E-state index is -0.485. The molecule has 0 aliphatic heterocycles. The molecule has 0 aliphatic rings. The summed E-state index contributed by atoms with van der Waals surface area (Å²) in [7, 11) is 0. The number of nitrogens with one attached hydrogen (secondary N) is 2. The standard InChI is InChI=1S/C14H24N2O3/c1-2-3-4-5-6-7-8-9-19-11-12-10-15-14(18)16-13(12)17/h10H,2-9,11H2,1H3,(H2,15,16,17,18). The molecule has 5 heteroatoms. The number of aromatic amines is 2. The molecule has 1 aromatic rings. The smallest absolute Gasteiger partial charge is 0.325 e. The third kappa shape index (κ3) is 6.96. The molecule has 0 saturated heterocycles. The molecule has 0 aliphatic carbocycles. The van der Waals surface area contributed by atoms with Gasteiger partial charge in [-0.3, -0.25) is 9.78 Å². The Balaban J connectivity index is 2.05. The van der Waals surface area contributed by atoms with E-state index in [1.807, 2.05) is 0 Å². The van der Waals surface area contributed by atoms with Crippen LogP contribution in [0.15, 0.2) is 15.8 Å². The molecule has 108 valence electrons. The Hall–Kier alpha value is -1.36. The predicted molar refractivity (Wildman–Crippen MR) is 75.3 cm³/mol. The van der Waals surface area contributed by atoms with Gasteiger partial charge in [-0.25, -0.2) is 4.79 Å². The van der Waals surface area contributed by atoms with Crippen molar-refractivity contribution >= 4 is 0 Å². The maximum atomic E-state index is 11.4. The molecule has 1 aromatic heterocycles. The van der Waals surface area contributed by atoms with Crippen molar-refractivity contribution in [2.24, 2.45) is 0 Å². The maximum absolute atomic E-state index is 11.4. The maximum Gasteiger partial charge on any atom is 0.325 e. The predicted octanol–water partition coefficient (Wildman–Crippen LogP) is 2.33. The highest BCUT2D eigenvalue weighted by Crippen LogP contribution is 2.07. The minimum Gasteiger partial charge on any atom is -0.377 e. The van der Waals surface area contributed by atoms with E-state index in [9.17, 15) is 9.59 Å². The second kappa shape index (κ2) is 9.55. The number of unbranched alkanes of at least 4 members (excludes halogenated alkanes) is 6.